The predicted octanol–water partition coefficient (Wildman–Crippen LogP) is 4.88. The third kappa shape index (κ3) is 14.5. The number of pyridine rings is 2. The smallest absolute Gasteiger partial charge is 0.408 e. The fraction of sp³-hybridized carbons (Fsp3) is 0.381. The van der Waals surface area contributed by atoms with Crippen LogP contribution in [0.5, 0.6) is 0 Å². The van der Waals surface area contributed by atoms with Crippen molar-refractivity contribution < 1.29 is 33.8 Å². The number of benzene rings is 2. The van der Waals surface area contributed by atoms with Crippen LogP contribution in [0.4, 0.5) is 9.59 Å². The molecular formula is C42H52N6O7. The highest BCUT2D eigenvalue weighted by Gasteiger charge is 2.33. The van der Waals surface area contributed by atoms with Crippen molar-refractivity contribution in [3.8, 4) is 0 Å². The van der Waals surface area contributed by atoms with E-state index in [2.05, 4.69) is 31.2 Å². The zero-order chi connectivity index (χ0) is 39.6. The second kappa shape index (κ2) is 21.8. The Kier molecular flexibility index (Phi) is 16.6. The molecule has 0 fully saturated rings. The van der Waals surface area contributed by atoms with Crippen LogP contribution in [0.1, 0.15) is 56.6 Å². The molecule has 2 aromatic heterocycles. The Hall–Kier alpha value is -5.82. The third-order valence-electron chi connectivity index (χ3n) is 8.89. The lowest BCUT2D eigenvalue weighted by Crippen LogP contribution is -2.56. The van der Waals surface area contributed by atoms with Gasteiger partial charge in [0.25, 0.3) is 0 Å². The Morgan fingerprint density at radius 2 is 1.02 bits per heavy atom. The predicted molar refractivity (Wildman–Crippen MR) is 207 cm³/mol. The molecule has 55 heavy (non-hydrogen) atoms. The third-order valence-corrected chi connectivity index (χ3v) is 8.89. The van der Waals surface area contributed by atoms with Crippen molar-refractivity contribution in [1.29, 1.82) is 0 Å². The van der Waals surface area contributed by atoms with Crippen LogP contribution in [-0.2, 0) is 45.1 Å². The molecule has 0 spiro atoms. The lowest BCUT2D eigenvalue weighted by molar-refractivity contribution is -0.127. The van der Waals surface area contributed by atoms with E-state index in [0.717, 1.165) is 11.1 Å². The number of carbonyl (C=O) groups is 4. The largest absolute Gasteiger partial charge is 0.443 e. The number of aliphatic hydroxyl groups is 1. The van der Waals surface area contributed by atoms with E-state index in [0.29, 0.717) is 17.8 Å². The van der Waals surface area contributed by atoms with Gasteiger partial charge in [-0.05, 0) is 66.5 Å². The van der Waals surface area contributed by atoms with Gasteiger partial charge in [0.1, 0.15) is 25.3 Å². The SMILES string of the molecule is CC(C)[C@H](NC(=O)OCc1ccccn1)C(=O)N[C@@H](Cc1ccccc1)C[C@H](O)[C@H](Cc1ccccc1)NC(=O)[C@@H](NC(=O)OCc1ccccn1)C(C)C. The summed E-state index contributed by atoms with van der Waals surface area (Å²) in [4.78, 5) is 61.5. The molecule has 0 radical (unpaired) electrons. The fourth-order valence-electron chi connectivity index (χ4n) is 5.92. The van der Waals surface area contributed by atoms with Gasteiger partial charge in [-0.1, -0.05) is 100 Å². The quantitative estimate of drug-likeness (QED) is 0.0892. The number of nitrogens with one attached hydrogen (secondary N) is 4. The van der Waals surface area contributed by atoms with Crippen molar-refractivity contribution in [2.75, 3.05) is 0 Å². The summed E-state index contributed by atoms with van der Waals surface area (Å²) < 4.78 is 10.7. The minimum Gasteiger partial charge on any atom is -0.443 e. The van der Waals surface area contributed by atoms with E-state index in [-0.39, 0.29) is 37.9 Å². The highest BCUT2D eigenvalue weighted by atomic mass is 16.6. The van der Waals surface area contributed by atoms with Gasteiger partial charge < -0.3 is 35.8 Å². The summed E-state index contributed by atoms with van der Waals surface area (Å²) in [6.45, 7) is 7.08. The Labute approximate surface area is 322 Å². The van der Waals surface area contributed by atoms with Crippen molar-refractivity contribution in [3.63, 3.8) is 0 Å². The second-order valence-corrected chi connectivity index (χ2v) is 14.0. The first-order chi connectivity index (χ1) is 26.5. The van der Waals surface area contributed by atoms with Crippen LogP contribution < -0.4 is 21.3 Å². The lowest BCUT2D eigenvalue weighted by Gasteiger charge is -2.31. The van der Waals surface area contributed by atoms with Gasteiger partial charge in [0.05, 0.1) is 23.5 Å². The zero-order valence-corrected chi connectivity index (χ0v) is 31.8. The van der Waals surface area contributed by atoms with Gasteiger partial charge in [0.15, 0.2) is 0 Å². The molecule has 0 aliphatic rings. The molecule has 0 aliphatic heterocycles. The van der Waals surface area contributed by atoms with Crippen LogP contribution in [-0.4, -0.2) is 69.3 Å². The Balaban J connectivity index is 1.49. The van der Waals surface area contributed by atoms with Crippen molar-refractivity contribution in [2.45, 2.75) is 90.4 Å². The molecule has 0 unspecified atom stereocenters. The number of aromatic nitrogens is 2. The van der Waals surface area contributed by atoms with Crippen LogP contribution >= 0.6 is 0 Å². The standard InChI is InChI=1S/C42H52N6O7/c1-28(2)37(47-41(52)54-26-32-19-11-13-21-43-32)39(50)45-34(23-30-15-7-5-8-16-30)25-36(49)35(24-31-17-9-6-10-18-31)46-40(51)38(29(3)4)48-42(53)55-27-33-20-12-14-22-44-33/h5-22,28-29,34-38,49H,23-27H2,1-4H3,(H,45,50)(H,46,51)(H,47,52)(H,48,53)/t34-,35-,36-,37-,38-/m0/s1. The number of hydrogen-bond acceptors (Lipinski definition) is 9. The second-order valence-electron chi connectivity index (χ2n) is 14.0. The van der Waals surface area contributed by atoms with Crippen molar-refractivity contribution in [3.05, 3.63) is 132 Å². The van der Waals surface area contributed by atoms with Gasteiger partial charge in [-0.2, -0.15) is 0 Å². The van der Waals surface area contributed by atoms with Gasteiger partial charge >= 0.3 is 12.2 Å². The van der Waals surface area contributed by atoms with Gasteiger partial charge in [-0.3, -0.25) is 19.6 Å². The Morgan fingerprint density at radius 1 is 0.582 bits per heavy atom. The molecule has 0 bridgehead atoms. The number of carbonyl (C=O) groups excluding carboxylic acids is 4. The van der Waals surface area contributed by atoms with Crippen LogP contribution in [0.15, 0.2) is 109 Å². The average molecular weight is 753 g/mol. The molecular weight excluding hydrogens is 700 g/mol. The zero-order valence-electron chi connectivity index (χ0n) is 31.8. The highest BCUT2D eigenvalue weighted by Crippen LogP contribution is 2.16. The molecule has 2 aromatic carbocycles. The van der Waals surface area contributed by atoms with Gasteiger partial charge in [-0.25, -0.2) is 9.59 Å². The number of nitrogens with zero attached hydrogens (tertiary/aromatic N) is 2. The first-order valence-electron chi connectivity index (χ1n) is 18.5. The topological polar surface area (TPSA) is 181 Å². The summed E-state index contributed by atoms with van der Waals surface area (Å²) in [6.07, 6.45) is 1.19. The van der Waals surface area contributed by atoms with Crippen molar-refractivity contribution in [2.24, 2.45) is 11.8 Å². The number of rotatable bonds is 19. The molecule has 0 aliphatic carbocycles. The Morgan fingerprint density at radius 3 is 1.45 bits per heavy atom. The average Bonchev–Trinajstić information content (AvgIpc) is 3.18. The molecule has 5 atom stereocenters. The normalized spacial score (nSPS) is 13.8. The molecule has 2 heterocycles. The van der Waals surface area contributed by atoms with E-state index >= 15 is 0 Å². The summed E-state index contributed by atoms with van der Waals surface area (Å²) in [5.74, 6) is -1.57. The number of alkyl carbamates (subject to hydrolysis) is 2. The van der Waals surface area contributed by atoms with Gasteiger partial charge in [0.2, 0.25) is 11.8 Å². The summed E-state index contributed by atoms with van der Waals surface area (Å²) in [5.41, 5.74) is 2.91. The molecule has 4 aromatic rings. The number of amides is 4. The number of hydrogen-bond donors (Lipinski definition) is 5. The van der Waals surface area contributed by atoms with E-state index < -0.39 is 54.3 Å². The van der Waals surface area contributed by atoms with Gasteiger partial charge in [-0.15, -0.1) is 0 Å². The molecule has 13 nitrogen and oxygen atoms in total. The van der Waals surface area contributed by atoms with Crippen molar-refractivity contribution >= 4 is 24.0 Å². The van der Waals surface area contributed by atoms with E-state index in [9.17, 15) is 24.3 Å². The fourth-order valence-corrected chi connectivity index (χ4v) is 5.92. The van der Waals surface area contributed by atoms with Crippen LogP contribution in [0.2, 0.25) is 0 Å². The first-order valence-corrected chi connectivity index (χ1v) is 18.5. The van der Waals surface area contributed by atoms with Crippen LogP contribution in [0, 0.1) is 11.8 Å². The maximum absolute atomic E-state index is 13.8. The summed E-state index contributed by atoms with van der Waals surface area (Å²) in [5, 5.41) is 23.3. The molecule has 0 saturated carbocycles. The van der Waals surface area contributed by atoms with E-state index in [1.807, 2.05) is 74.5 Å². The van der Waals surface area contributed by atoms with E-state index in [1.54, 1.807) is 62.6 Å². The lowest BCUT2D eigenvalue weighted by atomic mass is 9.92. The van der Waals surface area contributed by atoms with Crippen LogP contribution in [0.25, 0.3) is 0 Å². The molecule has 4 rings (SSSR count). The monoisotopic (exact) mass is 752 g/mol. The maximum atomic E-state index is 13.8. The van der Waals surface area contributed by atoms with Gasteiger partial charge in [0, 0.05) is 18.4 Å². The molecule has 0 saturated heterocycles. The number of aliphatic hydroxyl groups excluding tert-OH is 1. The summed E-state index contributed by atoms with van der Waals surface area (Å²) >= 11 is 0. The minimum absolute atomic E-state index is 0.0548. The summed E-state index contributed by atoms with van der Waals surface area (Å²) in [6, 6.07) is 26.1. The molecule has 5 N–H and O–H groups in total. The van der Waals surface area contributed by atoms with E-state index in [4.69, 9.17) is 9.47 Å². The highest BCUT2D eigenvalue weighted by molar-refractivity contribution is 5.87. The Bertz CT molecular complexity index is 1760. The molecule has 292 valence electrons. The minimum atomic E-state index is -1.14. The van der Waals surface area contributed by atoms with E-state index in [1.165, 1.54) is 0 Å². The molecule has 4 amide bonds. The first kappa shape index (κ1) is 41.9. The van der Waals surface area contributed by atoms with Crippen LogP contribution in [0.3, 0.4) is 0 Å². The maximum Gasteiger partial charge on any atom is 0.408 e. The summed E-state index contributed by atoms with van der Waals surface area (Å²) in [7, 11) is 0. The number of ether oxygens (including phenoxy) is 2. The molecule has 13 heteroatoms. The van der Waals surface area contributed by atoms with Crippen molar-refractivity contribution in [1.82, 2.24) is 31.2 Å².